The maximum atomic E-state index is 13.8. The van der Waals surface area contributed by atoms with Crippen molar-refractivity contribution in [1.29, 1.82) is 0 Å². The van der Waals surface area contributed by atoms with Crippen LogP contribution in [0.15, 0.2) is 152 Å². The van der Waals surface area contributed by atoms with Crippen LogP contribution in [-0.2, 0) is 37.9 Å². The summed E-state index contributed by atoms with van der Waals surface area (Å²) in [7, 11) is 0. The zero-order valence-corrected chi connectivity index (χ0v) is 33.1. The average molecular weight is 847 g/mol. The van der Waals surface area contributed by atoms with Gasteiger partial charge in [-0.1, -0.05) is 91.0 Å². The van der Waals surface area contributed by atoms with Crippen LogP contribution >= 0.6 is 0 Å². The molecule has 0 radical (unpaired) electrons. The quantitative estimate of drug-likeness (QED) is 0.119. The summed E-state index contributed by atoms with van der Waals surface area (Å²) in [5, 5.41) is 23.5. The monoisotopic (exact) mass is 846 g/mol. The Kier molecular flexibility index (Phi) is 14.1. The smallest absolute Gasteiger partial charge is 0.338 e. The van der Waals surface area contributed by atoms with Gasteiger partial charge in [0.1, 0.15) is 24.9 Å². The van der Waals surface area contributed by atoms with E-state index in [1.54, 1.807) is 91.0 Å². The summed E-state index contributed by atoms with van der Waals surface area (Å²) in [6.45, 7) is 0.864. The number of hydrogen-bond acceptors (Lipinski definition) is 15. The predicted octanol–water partition coefficient (Wildman–Crippen LogP) is 4.95. The van der Waals surface area contributed by atoms with Crippen molar-refractivity contribution in [2.45, 2.75) is 68.3 Å². The second kappa shape index (κ2) is 20.2. The Bertz CT molecular complexity index is 2280. The number of aliphatic hydroxyl groups is 2. The fraction of sp³-hybridized carbons (Fsp3) is 0.255. The van der Waals surface area contributed by atoms with Crippen LogP contribution < -0.4 is 0 Å². The molecule has 0 unspecified atom stereocenters. The van der Waals surface area contributed by atoms with E-state index in [2.05, 4.69) is 0 Å². The van der Waals surface area contributed by atoms with Gasteiger partial charge in [0.15, 0.2) is 37.0 Å². The standard InChI is InChI=1S/C47H42O15/c1-28-36(58-42(50)30-19-9-3-10-20-30)38(59-43(51)31-21-11-4-12-22-31)35(48)47(56-28)62-37-34(27-55-41(49)29-17-7-2-8-18-29)57-46(54)40(61-45(53)33-25-15-6-16-26-33)39(37)60-44(52)32-23-13-5-14-24-32/h2-26,28,34-40,46-48,54H,27H2,1H3/t28-,34+,35+,36-,37+,38-,39-,40-,46-,47-/m0/s1. The van der Waals surface area contributed by atoms with Gasteiger partial charge in [-0.3, -0.25) is 0 Å². The number of esters is 5. The lowest BCUT2D eigenvalue weighted by Gasteiger charge is -2.47. The van der Waals surface area contributed by atoms with Gasteiger partial charge in [-0.25, -0.2) is 24.0 Å². The minimum Gasteiger partial charge on any atom is -0.459 e. The first-order chi connectivity index (χ1) is 30.1. The fourth-order valence-corrected chi connectivity index (χ4v) is 6.89. The Balaban J connectivity index is 1.24. The molecule has 15 heteroatoms. The van der Waals surface area contributed by atoms with Gasteiger partial charge in [-0.2, -0.15) is 0 Å². The molecule has 2 fully saturated rings. The van der Waals surface area contributed by atoms with Crippen LogP contribution in [0, 0.1) is 0 Å². The molecular formula is C47H42O15. The summed E-state index contributed by atoms with van der Waals surface area (Å²) in [6, 6.07) is 39.5. The highest BCUT2D eigenvalue weighted by atomic mass is 16.7. The Morgan fingerprint density at radius 3 is 1.23 bits per heavy atom. The molecule has 0 aromatic heterocycles. The maximum absolute atomic E-state index is 13.8. The van der Waals surface area contributed by atoms with Crippen LogP contribution in [-0.4, -0.2) is 108 Å². The molecule has 10 atom stereocenters. The summed E-state index contributed by atoms with van der Waals surface area (Å²) < 4.78 is 47.5. The number of carbonyl (C=O) groups is 5. The van der Waals surface area contributed by atoms with E-state index in [1.807, 2.05) is 0 Å². The highest BCUT2D eigenvalue weighted by molar-refractivity contribution is 5.92. The Morgan fingerprint density at radius 2 is 0.806 bits per heavy atom. The van der Waals surface area contributed by atoms with Crippen molar-refractivity contribution in [2.24, 2.45) is 0 Å². The van der Waals surface area contributed by atoms with Gasteiger partial charge in [0.25, 0.3) is 0 Å². The fourth-order valence-electron chi connectivity index (χ4n) is 6.89. The van der Waals surface area contributed by atoms with Crippen molar-refractivity contribution in [3.63, 3.8) is 0 Å². The molecule has 0 saturated carbocycles. The number of aliphatic hydroxyl groups excluding tert-OH is 2. The number of carbonyl (C=O) groups excluding carboxylic acids is 5. The van der Waals surface area contributed by atoms with Gasteiger partial charge in [-0.05, 0) is 67.6 Å². The normalized spacial score (nSPS) is 25.7. The van der Waals surface area contributed by atoms with Gasteiger partial charge in [0, 0.05) is 0 Å². The SMILES string of the molecule is C[C@@H]1O[C@@H](O[C@H]2[C@H](OC(=O)c3ccccc3)[C@H](OC(=O)c3ccccc3)[C@@H](O)O[C@@H]2COC(=O)c2ccccc2)[C@H](O)[C@H](OC(=O)c2ccccc2)[C@H]1OC(=O)c1ccccc1. The average Bonchev–Trinajstić information content (AvgIpc) is 3.31. The molecule has 2 N–H and O–H groups in total. The molecule has 5 aromatic rings. The van der Waals surface area contributed by atoms with Gasteiger partial charge in [0.2, 0.25) is 0 Å². The number of benzene rings is 5. The third-order valence-corrected chi connectivity index (χ3v) is 10.0. The van der Waals surface area contributed by atoms with Crippen LogP contribution in [0.3, 0.4) is 0 Å². The highest BCUT2D eigenvalue weighted by Gasteiger charge is 2.55. The van der Waals surface area contributed by atoms with Crippen molar-refractivity contribution in [2.75, 3.05) is 6.61 Å². The lowest BCUT2D eigenvalue weighted by atomic mass is 9.96. The van der Waals surface area contributed by atoms with Crippen LogP contribution in [0.1, 0.15) is 58.7 Å². The molecule has 0 amide bonds. The van der Waals surface area contributed by atoms with Crippen molar-refractivity contribution in [3.8, 4) is 0 Å². The Morgan fingerprint density at radius 1 is 0.452 bits per heavy atom. The van der Waals surface area contributed by atoms with Crippen molar-refractivity contribution in [3.05, 3.63) is 179 Å². The second-order valence-corrected chi connectivity index (χ2v) is 14.3. The van der Waals surface area contributed by atoms with E-state index in [9.17, 15) is 34.2 Å². The molecule has 2 aliphatic heterocycles. The molecule has 0 bridgehead atoms. The molecule has 2 heterocycles. The van der Waals surface area contributed by atoms with Crippen molar-refractivity contribution < 1.29 is 72.1 Å². The van der Waals surface area contributed by atoms with Gasteiger partial charge in [-0.15, -0.1) is 0 Å². The van der Waals surface area contributed by atoms with E-state index >= 15 is 0 Å². The van der Waals surface area contributed by atoms with Crippen molar-refractivity contribution in [1.82, 2.24) is 0 Å². The molecule has 5 aromatic carbocycles. The molecule has 2 aliphatic rings. The van der Waals surface area contributed by atoms with Crippen LogP contribution in [0.4, 0.5) is 0 Å². The number of ether oxygens (including phenoxy) is 8. The molecule has 62 heavy (non-hydrogen) atoms. The van der Waals surface area contributed by atoms with E-state index < -0.39 is 97.9 Å². The van der Waals surface area contributed by atoms with Crippen LogP contribution in [0.5, 0.6) is 0 Å². The third kappa shape index (κ3) is 10.4. The first-order valence-corrected chi connectivity index (χ1v) is 19.7. The highest BCUT2D eigenvalue weighted by Crippen LogP contribution is 2.34. The molecular weight excluding hydrogens is 805 g/mol. The van der Waals surface area contributed by atoms with Gasteiger partial charge in [0.05, 0.1) is 33.9 Å². The number of rotatable bonds is 13. The molecule has 320 valence electrons. The van der Waals surface area contributed by atoms with E-state index in [1.165, 1.54) is 67.6 Å². The lowest BCUT2D eigenvalue weighted by molar-refractivity contribution is -0.349. The minimum atomic E-state index is -1.99. The van der Waals surface area contributed by atoms with Crippen LogP contribution in [0.2, 0.25) is 0 Å². The minimum absolute atomic E-state index is 0.0750. The predicted molar refractivity (Wildman–Crippen MR) is 215 cm³/mol. The molecule has 0 spiro atoms. The lowest BCUT2D eigenvalue weighted by Crippen LogP contribution is -2.66. The first-order valence-electron chi connectivity index (χ1n) is 19.7. The summed E-state index contributed by atoms with van der Waals surface area (Å²) in [5.41, 5.74) is 0.636. The number of hydrogen-bond donors (Lipinski definition) is 2. The summed E-state index contributed by atoms with van der Waals surface area (Å²) in [5.74, 6) is -4.31. The van der Waals surface area contributed by atoms with Crippen LogP contribution in [0.25, 0.3) is 0 Å². The molecule has 0 aliphatic carbocycles. The maximum Gasteiger partial charge on any atom is 0.338 e. The van der Waals surface area contributed by atoms with Gasteiger partial charge >= 0.3 is 29.8 Å². The van der Waals surface area contributed by atoms with E-state index in [-0.39, 0.29) is 27.8 Å². The molecule has 2 saturated heterocycles. The van der Waals surface area contributed by atoms with Crippen molar-refractivity contribution >= 4 is 29.8 Å². The largest absolute Gasteiger partial charge is 0.459 e. The summed E-state index contributed by atoms with van der Waals surface area (Å²) in [4.78, 5) is 67.3. The Labute approximate surface area is 355 Å². The van der Waals surface area contributed by atoms with E-state index in [0.29, 0.717) is 0 Å². The van der Waals surface area contributed by atoms with E-state index in [0.717, 1.165) is 0 Å². The Hall–Kier alpha value is -6.75. The summed E-state index contributed by atoms with van der Waals surface area (Å²) >= 11 is 0. The molecule has 15 nitrogen and oxygen atoms in total. The second-order valence-electron chi connectivity index (χ2n) is 14.3. The third-order valence-electron chi connectivity index (χ3n) is 10.0. The van der Waals surface area contributed by atoms with Gasteiger partial charge < -0.3 is 48.1 Å². The summed E-state index contributed by atoms with van der Waals surface area (Å²) in [6.07, 6.45) is -16.6. The topological polar surface area (TPSA) is 200 Å². The zero-order chi connectivity index (χ0) is 43.6. The first kappa shape index (κ1) is 43.3. The zero-order valence-electron chi connectivity index (χ0n) is 33.1. The molecule has 7 rings (SSSR count). The van der Waals surface area contributed by atoms with E-state index in [4.69, 9.17) is 37.9 Å².